The zero-order valence-electron chi connectivity index (χ0n) is 15.7. The van der Waals surface area contributed by atoms with Gasteiger partial charge in [0.25, 0.3) is 0 Å². The number of nitrogens with zero attached hydrogens (tertiary/aromatic N) is 2. The number of carbonyl (C=O) groups excluding carboxylic acids is 2. The number of amides is 3. The average molecular weight is 369 g/mol. The Morgan fingerprint density at radius 3 is 2.22 bits per heavy atom. The zero-order chi connectivity index (χ0) is 18.8. The van der Waals surface area contributed by atoms with Crippen LogP contribution in [0.5, 0.6) is 0 Å². The lowest BCUT2D eigenvalue weighted by Gasteiger charge is -2.58. The Morgan fingerprint density at radius 2 is 1.63 bits per heavy atom. The molecule has 6 rings (SSSR count). The normalized spacial score (nSPS) is 36.5. The third-order valence-corrected chi connectivity index (χ3v) is 7.17. The quantitative estimate of drug-likeness (QED) is 0.799. The molecular weight excluding hydrogens is 342 g/mol. The van der Waals surface area contributed by atoms with Crippen LogP contribution in [0.2, 0.25) is 0 Å². The van der Waals surface area contributed by atoms with Crippen LogP contribution in [0.3, 0.4) is 0 Å². The largest absolute Gasteiger partial charge is 0.390 e. The Balaban J connectivity index is 1.36. The molecule has 27 heavy (non-hydrogen) atoms. The first-order chi connectivity index (χ1) is 12.9. The number of hydrogen-bond acceptors (Lipinski definition) is 3. The van der Waals surface area contributed by atoms with Crippen molar-refractivity contribution in [3.05, 3.63) is 24.3 Å². The first kappa shape index (κ1) is 17.0. The summed E-state index contributed by atoms with van der Waals surface area (Å²) in [6.45, 7) is 2.57. The highest BCUT2D eigenvalue weighted by Crippen LogP contribution is 2.55. The summed E-state index contributed by atoms with van der Waals surface area (Å²) in [5.74, 6) is 1.40. The van der Waals surface area contributed by atoms with Crippen molar-refractivity contribution < 1.29 is 14.7 Å². The van der Waals surface area contributed by atoms with E-state index in [2.05, 4.69) is 5.32 Å². The maximum Gasteiger partial charge on any atom is 0.322 e. The van der Waals surface area contributed by atoms with Crippen LogP contribution >= 0.6 is 0 Å². The standard InChI is InChI=1S/C21H27N3O3/c1-13(25)23-6-7-24(18-5-3-2-4-17(18)23)20(26)22-19-15-8-14-9-16(19)12-21(27,10-14)11-15/h2-5,14-16,19,27H,6-12H2,1H3,(H,22,26). The first-order valence-electron chi connectivity index (χ1n) is 10.1. The van der Waals surface area contributed by atoms with Crippen LogP contribution in [-0.4, -0.2) is 41.8 Å². The fourth-order valence-corrected chi connectivity index (χ4v) is 6.34. The summed E-state index contributed by atoms with van der Waals surface area (Å²) in [6.07, 6.45) is 4.83. The van der Waals surface area contributed by atoms with Crippen molar-refractivity contribution in [3.63, 3.8) is 0 Å². The van der Waals surface area contributed by atoms with Gasteiger partial charge in [0.05, 0.1) is 17.0 Å². The van der Waals surface area contributed by atoms with E-state index in [1.54, 1.807) is 16.7 Å². The Bertz CT molecular complexity index is 779. The van der Waals surface area contributed by atoms with E-state index in [4.69, 9.17) is 0 Å². The van der Waals surface area contributed by atoms with E-state index in [9.17, 15) is 14.7 Å². The second kappa shape index (κ2) is 5.96. The molecule has 3 amide bonds. The molecule has 4 saturated carbocycles. The van der Waals surface area contributed by atoms with Crippen LogP contribution in [0, 0.1) is 17.8 Å². The van der Waals surface area contributed by atoms with E-state index < -0.39 is 5.60 Å². The second-order valence-electron chi connectivity index (χ2n) is 8.98. The molecule has 4 aliphatic carbocycles. The minimum absolute atomic E-state index is 0.00297. The van der Waals surface area contributed by atoms with E-state index in [1.807, 2.05) is 24.3 Å². The summed E-state index contributed by atoms with van der Waals surface area (Å²) in [6, 6.07) is 7.69. The number of anilines is 2. The molecule has 1 heterocycles. The number of hydrogen-bond donors (Lipinski definition) is 2. The highest BCUT2D eigenvalue weighted by Gasteiger charge is 2.55. The summed E-state index contributed by atoms with van der Waals surface area (Å²) in [5.41, 5.74) is 1.10. The summed E-state index contributed by atoms with van der Waals surface area (Å²) in [5, 5.41) is 14.1. The molecule has 144 valence electrons. The number of urea groups is 1. The molecule has 4 bridgehead atoms. The Hall–Kier alpha value is -2.08. The van der Waals surface area contributed by atoms with E-state index >= 15 is 0 Å². The van der Waals surface area contributed by atoms with Gasteiger partial charge in [-0.2, -0.15) is 0 Å². The molecule has 6 heteroatoms. The molecule has 5 aliphatic rings. The first-order valence-corrected chi connectivity index (χ1v) is 10.1. The number of para-hydroxylation sites is 2. The highest BCUT2D eigenvalue weighted by molar-refractivity contribution is 6.03. The van der Waals surface area contributed by atoms with Crippen molar-refractivity contribution >= 4 is 23.3 Å². The Kier molecular flexibility index (Phi) is 3.76. The number of fused-ring (bicyclic) bond motifs is 1. The molecule has 0 radical (unpaired) electrons. The van der Waals surface area contributed by atoms with Gasteiger partial charge in [0, 0.05) is 26.1 Å². The molecular formula is C21H27N3O3. The van der Waals surface area contributed by atoms with Crippen molar-refractivity contribution in [2.24, 2.45) is 17.8 Å². The van der Waals surface area contributed by atoms with Crippen LogP contribution in [0.25, 0.3) is 0 Å². The molecule has 1 aromatic carbocycles. The van der Waals surface area contributed by atoms with Gasteiger partial charge in [-0.05, 0) is 62.0 Å². The number of nitrogens with one attached hydrogen (secondary N) is 1. The molecule has 1 aliphatic heterocycles. The van der Waals surface area contributed by atoms with Gasteiger partial charge in [-0.1, -0.05) is 12.1 Å². The minimum atomic E-state index is -0.489. The predicted molar refractivity (Wildman–Crippen MR) is 103 cm³/mol. The molecule has 2 N–H and O–H groups in total. The lowest BCUT2D eigenvalue weighted by molar-refractivity contribution is -0.136. The highest BCUT2D eigenvalue weighted by atomic mass is 16.3. The van der Waals surface area contributed by atoms with Crippen molar-refractivity contribution in [1.82, 2.24) is 5.32 Å². The summed E-state index contributed by atoms with van der Waals surface area (Å²) < 4.78 is 0. The third kappa shape index (κ3) is 2.73. The fraction of sp³-hybridized carbons (Fsp3) is 0.619. The third-order valence-electron chi connectivity index (χ3n) is 7.17. The maximum absolute atomic E-state index is 13.2. The summed E-state index contributed by atoms with van der Waals surface area (Å²) in [4.78, 5) is 28.6. The fourth-order valence-electron chi connectivity index (χ4n) is 6.34. The predicted octanol–water partition coefficient (Wildman–Crippen LogP) is 2.51. The molecule has 1 aromatic rings. The number of carbonyl (C=O) groups is 2. The van der Waals surface area contributed by atoms with Gasteiger partial charge in [-0.3, -0.25) is 9.69 Å². The van der Waals surface area contributed by atoms with Gasteiger partial charge >= 0.3 is 6.03 Å². The van der Waals surface area contributed by atoms with Crippen molar-refractivity contribution in [1.29, 1.82) is 0 Å². The van der Waals surface area contributed by atoms with Gasteiger partial charge in [-0.25, -0.2) is 4.79 Å². The van der Waals surface area contributed by atoms with Gasteiger partial charge < -0.3 is 15.3 Å². The zero-order valence-corrected chi connectivity index (χ0v) is 15.7. The SMILES string of the molecule is CC(=O)N1CCN(C(=O)NC2C3CC4CC2CC(O)(C4)C3)c2ccccc21. The van der Waals surface area contributed by atoms with Gasteiger partial charge in [0.1, 0.15) is 0 Å². The lowest BCUT2D eigenvalue weighted by Crippen LogP contribution is -2.63. The van der Waals surface area contributed by atoms with Crippen LogP contribution in [0.1, 0.15) is 39.0 Å². The Morgan fingerprint density at radius 1 is 1.04 bits per heavy atom. The molecule has 0 spiro atoms. The molecule has 2 atom stereocenters. The number of aliphatic hydroxyl groups is 1. The molecule has 2 unspecified atom stereocenters. The van der Waals surface area contributed by atoms with E-state index in [0.717, 1.165) is 43.5 Å². The van der Waals surface area contributed by atoms with Crippen LogP contribution in [0.4, 0.5) is 16.2 Å². The van der Waals surface area contributed by atoms with Crippen LogP contribution < -0.4 is 15.1 Å². The smallest absolute Gasteiger partial charge is 0.322 e. The lowest BCUT2D eigenvalue weighted by atomic mass is 9.52. The van der Waals surface area contributed by atoms with Gasteiger partial charge in [0.2, 0.25) is 5.91 Å². The molecule has 6 nitrogen and oxygen atoms in total. The van der Waals surface area contributed by atoms with Crippen molar-refractivity contribution in [3.8, 4) is 0 Å². The van der Waals surface area contributed by atoms with E-state index in [1.165, 1.54) is 0 Å². The van der Waals surface area contributed by atoms with Gasteiger partial charge in [-0.15, -0.1) is 0 Å². The molecule has 0 saturated heterocycles. The van der Waals surface area contributed by atoms with E-state index in [0.29, 0.717) is 30.8 Å². The average Bonchev–Trinajstić information content (AvgIpc) is 2.62. The Labute approximate surface area is 159 Å². The number of rotatable bonds is 1. The minimum Gasteiger partial charge on any atom is -0.390 e. The van der Waals surface area contributed by atoms with Crippen LogP contribution in [0.15, 0.2) is 24.3 Å². The van der Waals surface area contributed by atoms with E-state index in [-0.39, 0.29) is 18.0 Å². The van der Waals surface area contributed by atoms with Crippen molar-refractivity contribution in [2.45, 2.75) is 50.7 Å². The monoisotopic (exact) mass is 369 g/mol. The summed E-state index contributed by atoms with van der Waals surface area (Å²) in [7, 11) is 0. The topological polar surface area (TPSA) is 72.9 Å². The van der Waals surface area contributed by atoms with Crippen molar-refractivity contribution in [2.75, 3.05) is 22.9 Å². The summed E-state index contributed by atoms with van der Waals surface area (Å²) >= 11 is 0. The second-order valence-corrected chi connectivity index (χ2v) is 8.98. The maximum atomic E-state index is 13.2. The number of benzene rings is 1. The van der Waals surface area contributed by atoms with Gasteiger partial charge in [0.15, 0.2) is 0 Å². The molecule has 0 aromatic heterocycles. The molecule has 4 fully saturated rings. The van der Waals surface area contributed by atoms with Crippen LogP contribution in [-0.2, 0) is 4.79 Å².